The smallest absolute Gasteiger partial charge is 0.119 e. The van der Waals surface area contributed by atoms with Crippen LogP contribution in [-0.2, 0) is 0 Å². The Morgan fingerprint density at radius 3 is 2.53 bits per heavy atom. The fourth-order valence-corrected chi connectivity index (χ4v) is 1.81. The Morgan fingerprint density at radius 2 is 1.88 bits per heavy atom. The van der Waals surface area contributed by atoms with Gasteiger partial charge in [-0.1, -0.05) is 19.9 Å². The first-order valence-electron chi connectivity index (χ1n) is 6.58. The number of hydrogen-bond donors (Lipinski definition) is 1. The Hall–Kier alpha value is -1.02. The summed E-state index contributed by atoms with van der Waals surface area (Å²) in [5.41, 5.74) is 8.07. The summed E-state index contributed by atoms with van der Waals surface area (Å²) in [6, 6.07) is 6.49. The lowest BCUT2D eigenvalue weighted by molar-refractivity contribution is 0.305. The standard InChI is InChI=1S/C15H25NO/c1-12(2)14-9-13(3)10-15(11-14)17-8-6-4-5-7-16/h9-12H,4-8,16H2,1-3H3. The highest BCUT2D eigenvalue weighted by Gasteiger charge is 2.03. The van der Waals surface area contributed by atoms with Crippen molar-refractivity contribution < 1.29 is 4.74 Å². The van der Waals surface area contributed by atoms with Crippen LogP contribution in [0.4, 0.5) is 0 Å². The largest absolute Gasteiger partial charge is 0.494 e. The van der Waals surface area contributed by atoms with E-state index in [-0.39, 0.29) is 0 Å². The van der Waals surface area contributed by atoms with Crippen molar-refractivity contribution >= 4 is 0 Å². The highest BCUT2D eigenvalue weighted by Crippen LogP contribution is 2.22. The highest BCUT2D eigenvalue weighted by molar-refractivity contribution is 5.35. The van der Waals surface area contributed by atoms with Crippen molar-refractivity contribution in [2.24, 2.45) is 5.73 Å². The van der Waals surface area contributed by atoms with Crippen LogP contribution in [0.3, 0.4) is 0 Å². The van der Waals surface area contributed by atoms with Gasteiger partial charge in [0.15, 0.2) is 0 Å². The van der Waals surface area contributed by atoms with Gasteiger partial charge in [-0.3, -0.25) is 0 Å². The van der Waals surface area contributed by atoms with Gasteiger partial charge < -0.3 is 10.5 Å². The Kier molecular flexibility index (Phi) is 6.06. The van der Waals surface area contributed by atoms with Gasteiger partial charge in [-0.2, -0.15) is 0 Å². The molecule has 17 heavy (non-hydrogen) atoms. The molecular formula is C15H25NO. The average molecular weight is 235 g/mol. The minimum Gasteiger partial charge on any atom is -0.494 e. The van der Waals surface area contributed by atoms with Gasteiger partial charge in [0.1, 0.15) is 5.75 Å². The van der Waals surface area contributed by atoms with Gasteiger partial charge >= 0.3 is 0 Å². The quantitative estimate of drug-likeness (QED) is 0.732. The molecule has 0 atom stereocenters. The molecule has 0 saturated carbocycles. The molecule has 2 heteroatoms. The summed E-state index contributed by atoms with van der Waals surface area (Å²) in [7, 11) is 0. The van der Waals surface area contributed by atoms with E-state index in [9.17, 15) is 0 Å². The maximum atomic E-state index is 5.78. The lowest BCUT2D eigenvalue weighted by Gasteiger charge is -2.11. The lowest BCUT2D eigenvalue weighted by Crippen LogP contribution is -2.02. The third kappa shape index (κ3) is 5.22. The number of ether oxygens (including phenoxy) is 1. The molecule has 0 aliphatic carbocycles. The van der Waals surface area contributed by atoms with E-state index in [1.54, 1.807) is 0 Å². The van der Waals surface area contributed by atoms with Gasteiger partial charge in [0.25, 0.3) is 0 Å². The first-order chi connectivity index (χ1) is 8.13. The molecule has 0 spiro atoms. The van der Waals surface area contributed by atoms with Crippen LogP contribution in [0.5, 0.6) is 5.75 Å². The summed E-state index contributed by atoms with van der Waals surface area (Å²) in [4.78, 5) is 0. The van der Waals surface area contributed by atoms with E-state index in [4.69, 9.17) is 10.5 Å². The maximum absolute atomic E-state index is 5.78. The number of nitrogens with two attached hydrogens (primary N) is 1. The van der Waals surface area contributed by atoms with Gasteiger partial charge in [0.2, 0.25) is 0 Å². The van der Waals surface area contributed by atoms with E-state index in [1.807, 2.05) is 0 Å². The molecule has 0 aromatic heterocycles. The van der Waals surface area contributed by atoms with E-state index < -0.39 is 0 Å². The van der Waals surface area contributed by atoms with E-state index in [0.29, 0.717) is 5.92 Å². The van der Waals surface area contributed by atoms with Crippen molar-refractivity contribution in [1.29, 1.82) is 0 Å². The first kappa shape index (κ1) is 14.0. The monoisotopic (exact) mass is 235 g/mol. The molecule has 0 unspecified atom stereocenters. The van der Waals surface area contributed by atoms with Crippen molar-refractivity contribution in [2.45, 2.75) is 46.0 Å². The fourth-order valence-electron chi connectivity index (χ4n) is 1.81. The zero-order valence-electron chi connectivity index (χ0n) is 11.3. The maximum Gasteiger partial charge on any atom is 0.119 e. The second-order valence-corrected chi connectivity index (χ2v) is 4.93. The molecule has 2 nitrogen and oxygen atoms in total. The molecule has 0 bridgehead atoms. The van der Waals surface area contributed by atoms with E-state index in [1.165, 1.54) is 11.1 Å². The fraction of sp³-hybridized carbons (Fsp3) is 0.600. The number of benzene rings is 1. The molecule has 0 amide bonds. The predicted molar refractivity (Wildman–Crippen MR) is 73.7 cm³/mol. The predicted octanol–water partition coefficient (Wildman–Crippen LogP) is 3.63. The van der Waals surface area contributed by atoms with Crippen LogP contribution >= 0.6 is 0 Å². The summed E-state index contributed by atoms with van der Waals surface area (Å²) >= 11 is 0. The molecule has 1 aromatic carbocycles. The van der Waals surface area contributed by atoms with Crippen LogP contribution in [0, 0.1) is 6.92 Å². The minimum absolute atomic E-state index is 0.550. The van der Waals surface area contributed by atoms with Crippen LogP contribution in [0.1, 0.15) is 50.2 Å². The SMILES string of the molecule is Cc1cc(OCCCCCN)cc(C(C)C)c1. The minimum atomic E-state index is 0.550. The zero-order chi connectivity index (χ0) is 12.7. The Balaban J connectivity index is 2.47. The van der Waals surface area contributed by atoms with Crippen LogP contribution in [0.2, 0.25) is 0 Å². The molecule has 0 aliphatic rings. The molecule has 0 radical (unpaired) electrons. The molecule has 1 aromatic rings. The summed E-state index contributed by atoms with van der Waals surface area (Å²) in [5.74, 6) is 1.55. The summed E-state index contributed by atoms with van der Waals surface area (Å²) < 4.78 is 5.78. The molecule has 1 rings (SSSR count). The van der Waals surface area contributed by atoms with Gasteiger partial charge in [-0.05, 0) is 61.9 Å². The average Bonchev–Trinajstić information content (AvgIpc) is 2.28. The summed E-state index contributed by atoms with van der Waals surface area (Å²) in [5, 5.41) is 0. The molecule has 0 saturated heterocycles. The zero-order valence-corrected chi connectivity index (χ0v) is 11.3. The molecule has 0 fully saturated rings. The van der Waals surface area contributed by atoms with Crippen molar-refractivity contribution in [3.8, 4) is 5.75 Å². The van der Waals surface area contributed by atoms with Gasteiger partial charge in [0.05, 0.1) is 6.61 Å². The van der Waals surface area contributed by atoms with E-state index in [0.717, 1.165) is 38.2 Å². The summed E-state index contributed by atoms with van der Waals surface area (Å²) in [6.07, 6.45) is 3.33. The molecule has 0 aliphatic heterocycles. The third-order valence-electron chi connectivity index (χ3n) is 2.86. The molecule has 96 valence electrons. The van der Waals surface area contributed by atoms with Crippen LogP contribution < -0.4 is 10.5 Å². The second-order valence-electron chi connectivity index (χ2n) is 4.93. The van der Waals surface area contributed by atoms with E-state index in [2.05, 4.69) is 39.0 Å². The van der Waals surface area contributed by atoms with Crippen LogP contribution in [0.15, 0.2) is 18.2 Å². The lowest BCUT2D eigenvalue weighted by atomic mass is 10.0. The Labute approximate surface area is 105 Å². The van der Waals surface area contributed by atoms with Crippen LogP contribution in [0.25, 0.3) is 0 Å². The number of aryl methyl sites for hydroxylation is 1. The Morgan fingerprint density at radius 1 is 1.12 bits per heavy atom. The van der Waals surface area contributed by atoms with E-state index >= 15 is 0 Å². The van der Waals surface area contributed by atoms with Gasteiger partial charge in [-0.25, -0.2) is 0 Å². The van der Waals surface area contributed by atoms with Crippen molar-refractivity contribution in [3.05, 3.63) is 29.3 Å². The van der Waals surface area contributed by atoms with Crippen molar-refractivity contribution in [2.75, 3.05) is 13.2 Å². The number of unbranched alkanes of at least 4 members (excludes halogenated alkanes) is 2. The number of rotatable bonds is 7. The third-order valence-corrected chi connectivity index (χ3v) is 2.86. The molecule has 2 N–H and O–H groups in total. The molecular weight excluding hydrogens is 210 g/mol. The van der Waals surface area contributed by atoms with Crippen LogP contribution in [-0.4, -0.2) is 13.2 Å². The Bertz CT molecular complexity index is 334. The highest BCUT2D eigenvalue weighted by atomic mass is 16.5. The normalized spacial score (nSPS) is 10.9. The van der Waals surface area contributed by atoms with Gasteiger partial charge in [-0.15, -0.1) is 0 Å². The topological polar surface area (TPSA) is 35.2 Å². The van der Waals surface area contributed by atoms with Gasteiger partial charge in [0, 0.05) is 0 Å². The molecule has 0 heterocycles. The first-order valence-corrected chi connectivity index (χ1v) is 6.58. The second kappa shape index (κ2) is 7.33. The van der Waals surface area contributed by atoms with Crippen molar-refractivity contribution in [1.82, 2.24) is 0 Å². The van der Waals surface area contributed by atoms with Crippen molar-refractivity contribution in [3.63, 3.8) is 0 Å². The summed E-state index contributed by atoms with van der Waals surface area (Å²) in [6.45, 7) is 8.11. The number of hydrogen-bond acceptors (Lipinski definition) is 2.